The van der Waals surface area contributed by atoms with E-state index in [1.54, 1.807) is 6.92 Å². The first-order valence-electron chi connectivity index (χ1n) is 2.05. The van der Waals surface area contributed by atoms with Crippen molar-refractivity contribution in [3.63, 3.8) is 0 Å². The summed E-state index contributed by atoms with van der Waals surface area (Å²) in [5.74, 6) is -0.157. The molecule has 0 aliphatic carbocycles. The van der Waals surface area contributed by atoms with Crippen molar-refractivity contribution in [2.45, 2.75) is 13.3 Å². The van der Waals surface area contributed by atoms with E-state index in [9.17, 15) is 4.79 Å². The second-order valence-electron chi connectivity index (χ2n) is 0.930. The topological polar surface area (TPSA) is 46.5 Å². The molecule has 0 amide bonds. The Balaban J connectivity index is 0. The predicted molar refractivity (Wildman–Crippen MR) is 30.4 cm³/mol. The molecule has 0 saturated heterocycles. The molecule has 50 valence electrons. The number of rotatable bonds is 1. The molecule has 0 aromatic heterocycles. The molecule has 1 N–H and O–H groups in total. The van der Waals surface area contributed by atoms with Gasteiger partial charge in [-0.3, -0.25) is 9.45 Å². The van der Waals surface area contributed by atoms with E-state index in [2.05, 4.69) is 16.6 Å². The number of hydrogen-bond acceptors (Lipinski definition) is 3. The van der Waals surface area contributed by atoms with E-state index in [-0.39, 0.29) is 5.97 Å². The van der Waals surface area contributed by atoms with Crippen molar-refractivity contribution in [3.8, 4) is 0 Å². The van der Waals surface area contributed by atoms with Crippen LogP contribution in [0.2, 0.25) is 0 Å². The minimum absolute atomic E-state index is 0.157. The summed E-state index contributed by atoms with van der Waals surface area (Å²) in [4.78, 5) is 9.96. The van der Waals surface area contributed by atoms with Crippen LogP contribution in [0.3, 0.4) is 0 Å². The van der Waals surface area contributed by atoms with E-state index in [0.29, 0.717) is 6.42 Å². The summed E-state index contributed by atoms with van der Waals surface area (Å²) in [6, 6.07) is 0. The number of carbonyl (C=O) groups excluding carboxylic acids is 1. The van der Waals surface area contributed by atoms with Crippen molar-refractivity contribution in [2.24, 2.45) is 0 Å². The molecule has 0 rings (SSSR count). The molecule has 0 aromatic carbocycles. The Labute approximate surface area is 53.4 Å². The highest BCUT2D eigenvalue weighted by Crippen LogP contribution is 1.76. The Morgan fingerprint density at radius 2 is 2.12 bits per heavy atom. The van der Waals surface area contributed by atoms with Crippen LogP contribution in [0.15, 0.2) is 0 Å². The maximum atomic E-state index is 9.96. The minimum atomic E-state index is -0.157. The lowest BCUT2D eigenvalue weighted by Gasteiger charge is -1.87. The van der Waals surface area contributed by atoms with Gasteiger partial charge in [-0.25, -0.2) is 0 Å². The molecule has 0 radical (unpaired) electrons. The number of halogens is 1. The average molecular weight is 141 g/mol. The van der Waals surface area contributed by atoms with Gasteiger partial charge in [-0.2, -0.15) is 0 Å². The van der Waals surface area contributed by atoms with Gasteiger partial charge in [0.2, 0.25) is 0 Å². The van der Waals surface area contributed by atoms with Gasteiger partial charge < -0.3 is 4.74 Å². The Kier molecular flexibility index (Phi) is 13.1. The molecule has 0 bridgehead atoms. The van der Waals surface area contributed by atoms with Crippen LogP contribution in [0, 0.1) is 0 Å². The third-order valence-electron chi connectivity index (χ3n) is 0.516. The summed E-state index contributed by atoms with van der Waals surface area (Å²) < 4.78 is 10.7. The van der Waals surface area contributed by atoms with Crippen molar-refractivity contribution in [2.75, 3.05) is 7.11 Å². The zero-order chi connectivity index (χ0) is 6.99. The maximum absolute atomic E-state index is 9.96. The molecule has 0 unspecified atom stereocenters. The number of hydrogen-bond donors (Lipinski definition) is 1. The van der Waals surface area contributed by atoms with Gasteiger partial charge in [0.25, 0.3) is 0 Å². The van der Waals surface area contributed by atoms with Crippen molar-refractivity contribution < 1.29 is 14.2 Å². The molecule has 3 nitrogen and oxygen atoms in total. The zero-order valence-electron chi connectivity index (χ0n) is 4.85. The van der Waals surface area contributed by atoms with Crippen LogP contribution in [-0.2, 0) is 9.53 Å². The molecule has 0 fully saturated rings. The fourth-order valence-electron chi connectivity index (χ4n) is 0.144. The summed E-state index contributed by atoms with van der Waals surface area (Å²) in [7, 11) is 1.38. The van der Waals surface area contributed by atoms with Crippen molar-refractivity contribution in [3.05, 3.63) is 0 Å². The Bertz CT molecular complexity index is 49.2. The van der Waals surface area contributed by atoms with E-state index < -0.39 is 0 Å². The monoisotopic (exact) mass is 140 g/mol. The zero-order valence-corrected chi connectivity index (χ0v) is 5.60. The van der Waals surface area contributed by atoms with Gasteiger partial charge in [0.15, 0.2) is 0 Å². The van der Waals surface area contributed by atoms with Crippen LogP contribution >= 0.6 is 11.9 Å². The molecule has 0 saturated carbocycles. The highest BCUT2D eigenvalue weighted by atomic mass is 35.5. The number of ether oxygens (including phenoxy) is 1. The standard InChI is InChI=1S/C4H8O2.ClHO/c1-3-4(5)6-2;1-2/h3H2,1-2H3;2H. The normalized spacial score (nSPS) is 6.50. The Hall–Kier alpha value is -0.280. The highest BCUT2D eigenvalue weighted by molar-refractivity contribution is 6.04. The van der Waals surface area contributed by atoms with Crippen LogP contribution in [0.4, 0.5) is 0 Å². The quantitative estimate of drug-likeness (QED) is 0.546. The van der Waals surface area contributed by atoms with E-state index in [1.165, 1.54) is 7.11 Å². The van der Waals surface area contributed by atoms with E-state index in [1.807, 2.05) is 0 Å². The van der Waals surface area contributed by atoms with E-state index in [4.69, 9.17) is 4.66 Å². The molecule has 0 aliphatic rings. The van der Waals surface area contributed by atoms with E-state index >= 15 is 0 Å². The number of methoxy groups -OCH3 is 1. The first kappa shape index (κ1) is 10.7. The van der Waals surface area contributed by atoms with Gasteiger partial charge >= 0.3 is 5.97 Å². The minimum Gasteiger partial charge on any atom is -0.469 e. The Morgan fingerprint density at radius 1 is 1.75 bits per heavy atom. The molecule has 0 aliphatic heterocycles. The lowest BCUT2D eigenvalue weighted by Crippen LogP contribution is -1.94. The maximum Gasteiger partial charge on any atom is 0.305 e. The van der Waals surface area contributed by atoms with Crippen LogP contribution in [0.1, 0.15) is 13.3 Å². The highest BCUT2D eigenvalue weighted by Gasteiger charge is 1.87. The summed E-state index contributed by atoms with van der Waals surface area (Å²) in [6.45, 7) is 1.76. The SMILES string of the molecule is CCC(=O)OC.OCl. The summed E-state index contributed by atoms with van der Waals surface area (Å²) in [5, 5.41) is 0. The fraction of sp³-hybridized carbons (Fsp3) is 0.750. The third-order valence-corrected chi connectivity index (χ3v) is 0.516. The van der Waals surface area contributed by atoms with Crippen LogP contribution in [0.5, 0.6) is 0 Å². The smallest absolute Gasteiger partial charge is 0.305 e. The summed E-state index contributed by atoms with van der Waals surface area (Å²) in [5.41, 5.74) is 0. The first-order chi connectivity index (χ1) is 3.81. The molecule has 4 heteroatoms. The largest absolute Gasteiger partial charge is 0.469 e. The molecule has 0 spiro atoms. The van der Waals surface area contributed by atoms with Crippen molar-refractivity contribution in [1.29, 1.82) is 0 Å². The van der Waals surface area contributed by atoms with Crippen LogP contribution in [-0.4, -0.2) is 17.7 Å². The molecule has 0 aromatic rings. The van der Waals surface area contributed by atoms with Crippen LogP contribution in [0.25, 0.3) is 0 Å². The second-order valence-corrected chi connectivity index (χ2v) is 0.930. The molecule has 0 atom stereocenters. The van der Waals surface area contributed by atoms with Gasteiger partial charge in [0.1, 0.15) is 0 Å². The predicted octanol–water partition coefficient (Wildman–Crippen LogP) is 0.702. The average Bonchev–Trinajstić information content (AvgIpc) is 1.91. The van der Waals surface area contributed by atoms with Crippen molar-refractivity contribution >= 4 is 17.8 Å². The lowest BCUT2D eigenvalue weighted by molar-refractivity contribution is -0.140. The number of esters is 1. The van der Waals surface area contributed by atoms with E-state index in [0.717, 1.165) is 0 Å². The van der Waals surface area contributed by atoms with Gasteiger partial charge in [-0.1, -0.05) is 6.92 Å². The Morgan fingerprint density at radius 3 is 2.12 bits per heavy atom. The van der Waals surface area contributed by atoms with Gasteiger partial charge in [-0.05, 0) is 0 Å². The lowest BCUT2D eigenvalue weighted by atomic mass is 10.5. The van der Waals surface area contributed by atoms with Crippen LogP contribution < -0.4 is 0 Å². The van der Waals surface area contributed by atoms with Gasteiger partial charge in [0, 0.05) is 6.42 Å². The van der Waals surface area contributed by atoms with Gasteiger partial charge in [-0.15, -0.1) is 0 Å². The molecule has 8 heavy (non-hydrogen) atoms. The number of carbonyl (C=O) groups is 1. The summed E-state index contributed by atoms with van der Waals surface area (Å²) in [6.07, 6.45) is 0.469. The first-order valence-corrected chi connectivity index (χ1v) is 2.38. The molecular weight excluding hydrogens is 131 g/mol. The van der Waals surface area contributed by atoms with Gasteiger partial charge in [0.05, 0.1) is 19.0 Å². The molecule has 0 heterocycles. The second kappa shape index (κ2) is 9.87. The fourth-order valence-corrected chi connectivity index (χ4v) is 0.144. The summed E-state index contributed by atoms with van der Waals surface area (Å²) >= 11 is 3.64. The molecular formula is C4H9ClO3. The van der Waals surface area contributed by atoms with Crippen molar-refractivity contribution in [1.82, 2.24) is 0 Å². The third kappa shape index (κ3) is 9.21.